The molecule has 3 aromatic rings. The van der Waals surface area contributed by atoms with E-state index in [1.54, 1.807) is 24.6 Å². The Labute approximate surface area is 151 Å². The van der Waals surface area contributed by atoms with Crippen LogP contribution in [0.1, 0.15) is 21.7 Å². The molecule has 0 fully saturated rings. The van der Waals surface area contributed by atoms with Crippen molar-refractivity contribution in [3.63, 3.8) is 0 Å². The summed E-state index contributed by atoms with van der Waals surface area (Å²) in [5, 5.41) is 11.0. The molecule has 0 unspecified atom stereocenters. The van der Waals surface area contributed by atoms with E-state index in [-0.39, 0.29) is 0 Å². The number of nitrogens with zero attached hydrogens (tertiary/aromatic N) is 4. The van der Waals surface area contributed by atoms with Crippen LogP contribution in [0.4, 0.5) is 0 Å². The Hall–Kier alpha value is -2.67. The molecule has 0 amide bonds. The first-order chi connectivity index (χ1) is 12.3. The second-order valence-electron chi connectivity index (χ2n) is 5.61. The van der Waals surface area contributed by atoms with E-state index in [1.807, 2.05) is 29.4 Å². The number of aromatic nitrogens is 3. The number of hydrogen-bond acceptors (Lipinski definition) is 4. The van der Waals surface area contributed by atoms with Gasteiger partial charge in [0.15, 0.2) is 5.96 Å². The van der Waals surface area contributed by atoms with E-state index in [1.165, 1.54) is 16.0 Å². The van der Waals surface area contributed by atoms with E-state index in [4.69, 9.17) is 0 Å². The molecular formula is C18H22N6S. The number of thiazole rings is 1. The first-order valence-electron chi connectivity index (χ1n) is 8.14. The largest absolute Gasteiger partial charge is 0.352 e. The third-order valence-electron chi connectivity index (χ3n) is 3.94. The quantitative estimate of drug-likeness (QED) is 0.527. The molecule has 0 aliphatic heterocycles. The van der Waals surface area contributed by atoms with Crippen molar-refractivity contribution in [1.82, 2.24) is 25.4 Å². The van der Waals surface area contributed by atoms with Crippen LogP contribution in [0.3, 0.4) is 0 Å². The third kappa shape index (κ3) is 4.67. The molecule has 2 aromatic heterocycles. The van der Waals surface area contributed by atoms with Gasteiger partial charge >= 0.3 is 0 Å². The Kier molecular flexibility index (Phi) is 5.79. The highest BCUT2D eigenvalue weighted by molar-refractivity contribution is 7.09. The van der Waals surface area contributed by atoms with Crippen LogP contribution in [-0.4, -0.2) is 27.8 Å². The molecule has 3 rings (SSSR count). The number of benzene rings is 1. The Morgan fingerprint density at radius 3 is 2.64 bits per heavy atom. The molecule has 7 heteroatoms. The van der Waals surface area contributed by atoms with Gasteiger partial charge in [0.05, 0.1) is 24.3 Å². The first-order valence-corrected chi connectivity index (χ1v) is 9.02. The summed E-state index contributed by atoms with van der Waals surface area (Å²) < 4.78 is 1.93. The number of hydrogen-bond donors (Lipinski definition) is 2. The minimum atomic E-state index is 0.707. The molecule has 0 aliphatic carbocycles. The second kappa shape index (κ2) is 8.43. The van der Waals surface area contributed by atoms with Gasteiger partial charge in [-0.05, 0) is 24.1 Å². The van der Waals surface area contributed by atoms with Crippen molar-refractivity contribution in [2.75, 3.05) is 7.05 Å². The molecule has 0 aliphatic rings. The maximum atomic E-state index is 4.30. The molecule has 0 saturated heterocycles. The van der Waals surface area contributed by atoms with Gasteiger partial charge in [-0.15, -0.1) is 11.3 Å². The summed E-state index contributed by atoms with van der Waals surface area (Å²) >= 11 is 1.65. The van der Waals surface area contributed by atoms with Crippen LogP contribution in [0.2, 0.25) is 0 Å². The Bertz CT molecular complexity index is 822. The summed E-state index contributed by atoms with van der Waals surface area (Å²) in [6, 6.07) is 10.3. The lowest BCUT2D eigenvalue weighted by atomic mass is 10.1. The van der Waals surface area contributed by atoms with E-state index in [2.05, 4.69) is 50.0 Å². The van der Waals surface area contributed by atoms with Crippen LogP contribution in [0.25, 0.3) is 0 Å². The van der Waals surface area contributed by atoms with Crippen LogP contribution in [0.15, 0.2) is 53.2 Å². The molecule has 6 nitrogen and oxygen atoms in total. The van der Waals surface area contributed by atoms with Crippen LogP contribution in [0, 0.1) is 6.92 Å². The molecule has 0 radical (unpaired) electrons. The standard InChI is InChI=1S/C18H22N6S/c1-14-17(25-13-22-14)11-21-18(19-2)20-10-15-6-3-4-7-16(15)12-24-9-5-8-23-24/h3-9,13H,10-12H2,1-2H3,(H2,19,20,21). The van der Waals surface area contributed by atoms with Crippen LogP contribution in [-0.2, 0) is 19.6 Å². The van der Waals surface area contributed by atoms with Gasteiger partial charge in [0, 0.05) is 30.9 Å². The monoisotopic (exact) mass is 354 g/mol. The van der Waals surface area contributed by atoms with Crippen LogP contribution < -0.4 is 10.6 Å². The summed E-state index contributed by atoms with van der Waals surface area (Å²) in [5.41, 5.74) is 5.41. The summed E-state index contributed by atoms with van der Waals surface area (Å²) in [5.74, 6) is 0.779. The number of aryl methyl sites for hydroxylation is 1. The average Bonchev–Trinajstić information content (AvgIpc) is 3.28. The number of nitrogens with one attached hydrogen (secondary N) is 2. The summed E-state index contributed by atoms with van der Waals surface area (Å²) in [4.78, 5) is 9.79. The van der Waals surface area contributed by atoms with Gasteiger partial charge in [-0.3, -0.25) is 9.67 Å². The summed E-state index contributed by atoms with van der Waals surface area (Å²) in [6.07, 6.45) is 3.77. The Balaban J connectivity index is 1.59. The molecular weight excluding hydrogens is 332 g/mol. The zero-order valence-electron chi connectivity index (χ0n) is 14.4. The average molecular weight is 354 g/mol. The van der Waals surface area contributed by atoms with Gasteiger partial charge in [0.1, 0.15) is 0 Å². The first kappa shape index (κ1) is 17.2. The van der Waals surface area contributed by atoms with Gasteiger partial charge in [0.2, 0.25) is 0 Å². The number of aliphatic imine (C=N–C) groups is 1. The lowest BCUT2D eigenvalue weighted by Gasteiger charge is -2.14. The van der Waals surface area contributed by atoms with Crippen LogP contribution >= 0.6 is 11.3 Å². The summed E-state index contributed by atoms with van der Waals surface area (Å²) in [7, 11) is 1.78. The predicted octanol–water partition coefficient (Wildman–Crippen LogP) is 2.56. The van der Waals surface area contributed by atoms with Gasteiger partial charge in [-0.1, -0.05) is 24.3 Å². The van der Waals surface area contributed by atoms with Crippen molar-refractivity contribution < 1.29 is 0 Å². The molecule has 2 heterocycles. The van der Waals surface area contributed by atoms with E-state index in [9.17, 15) is 0 Å². The molecule has 0 atom stereocenters. The van der Waals surface area contributed by atoms with Crippen LogP contribution in [0.5, 0.6) is 0 Å². The molecule has 25 heavy (non-hydrogen) atoms. The normalized spacial score (nSPS) is 11.5. The highest BCUT2D eigenvalue weighted by Crippen LogP contribution is 2.12. The molecule has 0 bridgehead atoms. The highest BCUT2D eigenvalue weighted by atomic mass is 32.1. The Morgan fingerprint density at radius 2 is 1.96 bits per heavy atom. The van der Waals surface area contributed by atoms with Crippen molar-refractivity contribution in [3.05, 3.63) is 69.9 Å². The smallest absolute Gasteiger partial charge is 0.191 e. The van der Waals surface area contributed by atoms with Crippen molar-refractivity contribution in [3.8, 4) is 0 Å². The van der Waals surface area contributed by atoms with Crippen molar-refractivity contribution in [1.29, 1.82) is 0 Å². The third-order valence-corrected chi connectivity index (χ3v) is 4.88. The zero-order chi connectivity index (χ0) is 17.5. The van der Waals surface area contributed by atoms with Crippen molar-refractivity contribution in [2.45, 2.75) is 26.6 Å². The van der Waals surface area contributed by atoms with Gasteiger partial charge in [0.25, 0.3) is 0 Å². The lowest BCUT2D eigenvalue weighted by molar-refractivity contribution is 0.677. The fourth-order valence-electron chi connectivity index (χ4n) is 2.51. The second-order valence-corrected chi connectivity index (χ2v) is 6.55. The fourth-order valence-corrected chi connectivity index (χ4v) is 3.23. The molecule has 130 valence electrons. The minimum Gasteiger partial charge on any atom is -0.352 e. The number of rotatable bonds is 6. The van der Waals surface area contributed by atoms with Gasteiger partial charge in [-0.2, -0.15) is 5.10 Å². The SMILES string of the molecule is CN=C(NCc1ccccc1Cn1cccn1)NCc1scnc1C. The van der Waals surface area contributed by atoms with E-state index < -0.39 is 0 Å². The van der Waals surface area contributed by atoms with Crippen molar-refractivity contribution in [2.24, 2.45) is 4.99 Å². The van der Waals surface area contributed by atoms with E-state index in [0.717, 1.165) is 24.7 Å². The van der Waals surface area contributed by atoms with Gasteiger partial charge < -0.3 is 10.6 Å². The highest BCUT2D eigenvalue weighted by Gasteiger charge is 2.06. The molecule has 2 N–H and O–H groups in total. The molecule has 0 saturated carbocycles. The van der Waals surface area contributed by atoms with E-state index >= 15 is 0 Å². The van der Waals surface area contributed by atoms with Crippen molar-refractivity contribution >= 4 is 17.3 Å². The van der Waals surface area contributed by atoms with Gasteiger partial charge in [-0.25, -0.2) is 4.98 Å². The summed E-state index contributed by atoms with van der Waals surface area (Å²) in [6.45, 7) is 4.22. The number of guanidine groups is 1. The fraction of sp³-hybridized carbons (Fsp3) is 0.278. The maximum Gasteiger partial charge on any atom is 0.191 e. The maximum absolute atomic E-state index is 4.30. The minimum absolute atomic E-state index is 0.707. The predicted molar refractivity (Wildman–Crippen MR) is 102 cm³/mol. The topological polar surface area (TPSA) is 67.1 Å². The zero-order valence-corrected chi connectivity index (χ0v) is 15.3. The van der Waals surface area contributed by atoms with E-state index in [0.29, 0.717) is 6.54 Å². The molecule has 0 spiro atoms. The lowest BCUT2D eigenvalue weighted by Crippen LogP contribution is -2.36. The Morgan fingerprint density at radius 1 is 1.16 bits per heavy atom. The molecule has 1 aromatic carbocycles.